The second-order valence-corrected chi connectivity index (χ2v) is 5.48. The Kier molecular flexibility index (Phi) is 4.90. The highest BCUT2D eigenvalue weighted by Gasteiger charge is 2.13. The van der Waals surface area contributed by atoms with Crippen LogP contribution in [0.3, 0.4) is 0 Å². The van der Waals surface area contributed by atoms with Crippen LogP contribution in [0.25, 0.3) is 0 Å². The molecule has 0 aromatic carbocycles. The van der Waals surface area contributed by atoms with Crippen molar-refractivity contribution in [3.05, 3.63) is 41.9 Å². The third-order valence-electron chi connectivity index (χ3n) is 3.27. The normalized spacial score (nSPS) is 11.1. The lowest BCUT2D eigenvalue weighted by molar-refractivity contribution is 0.576. The first kappa shape index (κ1) is 15.4. The SMILES string of the molecule is CC(C)NCc1cc(F)cnc1N(C)Cc1nccn1C. The number of aryl methyl sites for hydroxylation is 1. The van der Waals surface area contributed by atoms with E-state index in [1.165, 1.54) is 12.3 Å². The van der Waals surface area contributed by atoms with E-state index in [1.54, 1.807) is 6.20 Å². The van der Waals surface area contributed by atoms with E-state index >= 15 is 0 Å². The Balaban J connectivity index is 2.19. The number of nitrogens with one attached hydrogen (secondary N) is 1. The van der Waals surface area contributed by atoms with Crippen molar-refractivity contribution < 1.29 is 4.39 Å². The van der Waals surface area contributed by atoms with Crippen LogP contribution in [-0.2, 0) is 20.1 Å². The molecule has 21 heavy (non-hydrogen) atoms. The van der Waals surface area contributed by atoms with Gasteiger partial charge in [0.2, 0.25) is 0 Å². The van der Waals surface area contributed by atoms with E-state index in [1.807, 2.05) is 29.8 Å². The van der Waals surface area contributed by atoms with Crippen molar-refractivity contribution in [2.24, 2.45) is 7.05 Å². The number of hydrogen-bond donors (Lipinski definition) is 1. The molecule has 0 amide bonds. The molecule has 0 unspecified atom stereocenters. The van der Waals surface area contributed by atoms with Crippen molar-refractivity contribution in [1.29, 1.82) is 0 Å². The number of nitrogens with zero attached hydrogens (tertiary/aromatic N) is 4. The Morgan fingerprint density at radius 1 is 1.38 bits per heavy atom. The average molecular weight is 291 g/mol. The molecule has 1 N–H and O–H groups in total. The standard InChI is InChI=1S/C15H22FN5/c1-11(2)18-8-12-7-13(16)9-19-15(12)21(4)10-14-17-5-6-20(14)3/h5-7,9,11,18H,8,10H2,1-4H3. The lowest BCUT2D eigenvalue weighted by atomic mass is 10.2. The lowest BCUT2D eigenvalue weighted by Crippen LogP contribution is -2.26. The Labute approximate surface area is 124 Å². The summed E-state index contributed by atoms with van der Waals surface area (Å²) in [5.74, 6) is 1.39. The third kappa shape index (κ3) is 4.01. The molecule has 2 aromatic rings. The van der Waals surface area contributed by atoms with Crippen molar-refractivity contribution in [2.75, 3.05) is 11.9 Å². The Morgan fingerprint density at radius 3 is 2.76 bits per heavy atom. The van der Waals surface area contributed by atoms with E-state index in [2.05, 4.69) is 29.1 Å². The number of hydrogen-bond acceptors (Lipinski definition) is 4. The summed E-state index contributed by atoms with van der Waals surface area (Å²) >= 11 is 0. The predicted molar refractivity (Wildman–Crippen MR) is 81.5 cm³/mol. The van der Waals surface area contributed by atoms with Gasteiger partial charge in [-0.25, -0.2) is 14.4 Å². The van der Waals surface area contributed by atoms with Gasteiger partial charge in [-0.05, 0) is 6.07 Å². The van der Waals surface area contributed by atoms with Crippen LogP contribution in [0.5, 0.6) is 0 Å². The minimum atomic E-state index is -0.315. The van der Waals surface area contributed by atoms with Crippen LogP contribution in [-0.4, -0.2) is 27.6 Å². The summed E-state index contributed by atoms with van der Waals surface area (Å²) in [6.07, 6.45) is 4.92. The molecule has 0 fully saturated rings. The van der Waals surface area contributed by atoms with Gasteiger partial charge in [0.1, 0.15) is 17.5 Å². The molecule has 2 heterocycles. The summed E-state index contributed by atoms with van der Waals surface area (Å²) in [4.78, 5) is 10.5. The largest absolute Gasteiger partial charge is 0.352 e. The fraction of sp³-hybridized carbons (Fsp3) is 0.467. The van der Waals surface area contributed by atoms with Crippen LogP contribution >= 0.6 is 0 Å². The van der Waals surface area contributed by atoms with Gasteiger partial charge in [0.15, 0.2) is 0 Å². The minimum absolute atomic E-state index is 0.315. The molecule has 2 rings (SSSR count). The molecular weight excluding hydrogens is 269 g/mol. The Bertz CT molecular complexity index is 593. The summed E-state index contributed by atoms with van der Waals surface area (Å²) < 4.78 is 15.4. The monoisotopic (exact) mass is 291 g/mol. The van der Waals surface area contributed by atoms with E-state index in [0.717, 1.165) is 17.2 Å². The molecule has 0 bridgehead atoms. The summed E-state index contributed by atoms with van der Waals surface area (Å²) in [7, 11) is 3.89. The lowest BCUT2D eigenvalue weighted by Gasteiger charge is -2.21. The van der Waals surface area contributed by atoms with Gasteiger partial charge >= 0.3 is 0 Å². The van der Waals surface area contributed by atoms with E-state index < -0.39 is 0 Å². The number of pyridine rings is 1. The Hall–Kier alpha value is -1.95. The maximum atomic E-state index is 13.5. The zero-order chi connectivity index (χ0) is 15.4. The van der Waals surface area contributed by atoms with Gasteiger partial charge in [-0.1, -0.05) is 13.8 Å². The van der Waals surface area contributed by atoms with Crippen molar-refractivity contribution in [3.63, 3.8) is 0 Å². The van der Waals surface area contributed by atoms with Gasteiger partial charge in [-0.15, -0.1) is 0 Å². The van der Waals surface area contributed by atoms with Crippen molar-refractivity contribution in [3.8, 4) is 0 Å². The first-order valence-corrected chi connectivity index (χ1v) is 7.02. The zero-order valence-electron chi connectivity index (χ0n) is 13.0. The van der Waals surface area contributed by atoms with Crippen LogP contribution in [0.2, 0.25) is 0 Å². The topological polar surface area (TPSA) is 46.0 Å². The average Bonchev–Trinajstić information content (AvgIpc) is 2.82. The predicted octanol–water partition coefficient (Wildman–Crippen LogP) is 2.09. The van der Waals surface area contributed by atoms with E-state index in [4.69, 9.17) is 0 Å². The maximum absolute atomic E-state index is 13.5. The van der Waals surface area contributed by atoms with Crippen LogP contribution in [0.15, 0.2) is 24.7 Å². The smallest absolute Gasteiger partial charge is 0.141 e. The number of imidazole rings is 1. The van der Waals surface area contributed by atoms with Crippen LogP contribution in [0.1, 0.15) is 25.2 Å². The summed E-state index contributed by atoms with van der Waals surface area (Å²) in [6, 6.07) is 1.87. The fourth-order valence-electron chi connectivity index (χ4n) is 2.10. The number of halogens is 1. The quantitative estimate of drug-likeness (QED) is 0.885. The molecule has 0 spiro atoms. The summed E-state index contributed by atoms with van der Waals surface area (Å²) in [5, 5.41) is 3.30. The summed E-state index contributed by atoms with van der Waals surface area (Å²) in [5.41, 5.74) is 0.848. The van der Waals surface area contributed by atoms with Crippen LogP contribution < -0.4 is 10.2 Å². The molecule has 0 aliphatic rings. The molecular formula is C15H22FN5. The highest BCUT2D eigenvalue weighted by molar-refractivity contribution is 5.46. The van der Waals surface area contributed by atoms with Gasteiger partial charge in [-0.3, -0.25) is 0 Å². The number of anilines is 1. The van der Waals surface area contributed by atoms with Gasteiger partial charge in [0, 0.05) is 44.6 Å². The number of aromatic nitrogens is 3. The molecule has 0 radical (unpaired) electrons. The van der Waals surface area contributed by atoms with Crippen molar-refractivity contribution >= 4 is 5.82 Å². The molecule has 5 nitrogen and oxygen atoms in total. The molecule has 114 valence electrons. The molecule has 0 saturated heterocycles. The second kappa shape index (κ2) is 6.67. The molecule has 0 aliphatic heterocycles. The highest BCUT2D eigenvalue weighted by Crippen LogP contribution is 2.19. The number of rotatable bonds is 6. The van der Waals surface area contributed by atoms with E-state index in [9.17, 15) is 4.39 Å². The molecule has 0 atom stereocenters. The zero-order valence-corrected chi connectivity index (χ0v) is 13.0. The third-order valence-corrected chi connectivity index (χ3v) is 3.27. The van der Waals surface area contributed by atoms with Gasteiger partial charge in [0.25, 0.3) is 0 Å². The fourth-order valence-corrected chi connectivity index (χ4v) is 2.10. The molecule has 6 heteroatoms. The van der Waals surface area contributed by atoms with Crippen molar-refractivity contribution in [1.82, 2.24) is 19.9 Å². The van der Waals surface area contributed by atoms with Gasteiger partial charge < -0.3 is 14.8 Å². The van der Waals surface area contributed by atoms with Crippen molar-refractivity contribution in [2.45, 2.75) is 33.0 Å². The van der Waals surface area contributed by atoms with E-state index in [-0.39, 0.29) is 5.82 Å². The molecule has 0 aliphatic carbocycles. The first-order chi connectivity index (χ1) is 9.97. The maximum Gasteiger partial charge on any atom is 0.141 e. The first-order valence-electron chi connectivity index (χ1n) is 7.02. The highest BCUT2D eigenvalue weighted by atomic mass is 19.1. The minimum Gasteiger partial charge on any atom is -0.352 e. The molecule has 2 aromatic heterocycles. The van der Waals surface area contributed by atoms with E-state index in [0.29, 0.717) is 19.1 Å². The summed E-state index contributed by atoms with van der Waals surface area (Å²) in [6.45, 7) is 5.33. The Morgan fingerprint density at radius 2 is 2.14 bits per heavy atom. The van der Waals surface area contributed by atoms with Gasteiger partial charge in [0.05, 0.1) is 12.7 Å². The second-order valence-electron chi connectivity index (χ2n) is 5.48. The van der Waals surface area contributed by atoms with Crippen LogP contribution in [0.4, 0.5) is 10.2 Å². The van der Waals surface area contributed by atoms with Crippen LogP contribution in [0, 0.1) is 5.82 Å². The molecule has 0 saturated carbocycles. The van der Waals surface area contributed by atoms with Gasteiger partial charge in [-0.2, -0.15) is 0 Å².